The Balaban J connectivity index is 0.000000204. The highest BCUT2D eigenvalue weighted by molar-refractivity contribution is 9.11. The van der Waals surface area contributed by atoms with Gasteiger partial charge in [0.15, 0.2) is 0 Å². The maximum absolute atomic E-state index is 10.1. The van der Waals surface area contributed by atoms with Crippen molar-refractivity contribution < 1.29 is 4.79 Å². The van der Waals surface area contributed by atoms with Gasteiger partial charge in [0.2, 0.25) is 0 Å². The predicted molar refractivity (Wildman–Crippen MR) is 250 cm³/mol. The van der Waals surface area contributed by atoms with E-state index in [9.17, 15) is 4.79 Å². The van der Waals surface area contributed by atoms with E-state index < -0.39 is 7.26 Å². The third kappa shape index (κ3) is 13.0. The van der Waals surface area contributed by atoms with Crippen molar-refractivity contribution in [2.24, 2.45) is 0 Å². The summed E-state index contributed by atoms with van der Waals surface area (Å²) in [4.78, 5) is 10.1. The standard InChI is InChI=1S/C25H21BrP.C14H10Br2.C7H5BrO.BrH/c26-22-18-16-21(17-19-22)20-27(23-10-4-1-5-11-23,24-12-6-2-7-13-24)25-14-8-3-9-15-25;15-13-7-3-11(4-8-13)1-2-12-5-9-14(16)10-6-12;8-7-3-1-6(5-9)2-4-7;/h1-19H,20H2;1-10H;1-5H;1H/q+1;;;/b;2-1+;;. The van der Waals surface area contributed by atoms with Gasteiger partial charge in [-0.1, -0.05) is 179 Å². The molecule has 7 rings (SSSR count). The second-order valence-corrected chi connectivity index (χ2v) is 18.9. The summed E-state index contributed by atoms with van der Waals surface area (Å²) in [7, 11) is -1.81. The summed E-state index contributed by atoms with van der Waals surface area (Å²) in [6.45, 7) is 0. The van der Waals surface area contributed by atoms with Crippen LogP contribution in [0.5, 0.6) is 0 Å². The van der Waals surface area contributed by atoms with E-state index in [0.717, 1.165) is 30.3 Å². The molecule has 1 nitrogen and oxygen atoms in total. The fourth-order valence-electron chi connectivity index (χ4n) is 5.51. The van der Waals surface area contributed by atoms with E-state index in [2.05, 4.69) is 215 Å². The fourth-order valence-corrected chi connectivity index (χ4v) is 10.8. The lowest BCUT2D eigenvalue weighted by molar-refractivity contribution is 0.112. The Morgan fingerprint density at radius 1 is 0.377 bits per heavy atom. The summed E-state index contributed by atoms with van der Waals surface area (Å²) >= 11 is 13.7. The fraction of sp³-hybridized carbons (Fsp3) is 0.0217. The first kappa shape index (κ1) is 42.5. The molecule has 7 aromatic carbocycles. The van der Waals surface area contributed by atoms with Crippen LogP contribution in [0.4, 0.5) is 0 Å². The van der Waals surface area contributed by atoms with E-state index in [1.165, 1.54) is 32.6 Å². The summed E-state index contributed by atoms with van der Waals surface area (Å²) in [5, 5.41) is 4.26. The lowest BCUT2D eigenvalue weighted by atomic mass is 10.1. The van der Waals surface area contributed by atoms with E-state index in [4.69, 9.17) is 0 Å². The Kier molecular flexibility index (Phi) is 17.8. The minimum absolute atomic E-state index is 0. The van der Waals surface area contributed by atoms with E-state index in [1.54, 1.807) is 12.1 Å². The van der Waals surface area contributed by atoms with Crippen LogP contribution in [-0.2, 0) is 6.16 Å². The normalized spacial score (nSPS) is 10.6. The van der Waals surface area contributed by atoms with E-state index in [1.807, 2.05) is 36.4 Å². The molecule has 0 aliphatic rings. The van der Waals surface area contributed by atoms with Crippen LogP contribution in [0.25, 0.3) is 12.2 Å². The average molecular weight is 1040 g/mol. The van der Waals surface area contributed by atoms with Crippen molar-refractivity contribution in [3.8, 4) is 0 Å². The second kappa shape index (κ2) is 22.2. The van der Waals surface area contributed by atoms with Crippen LogP contribution in [0.3, 0.4) is 0 Å². The monoisotopic (exact) mass is 1030 g/mol. The molecule has 0 N–H and O–H groups in total. The Morgan fingerprint density at radius 3 is 0.962 bits per heavy atom. The van der Waals surface area contributed by atoms with Gasteiger partial charge < -0.3 is 0 Å². The maximum atomic E-state index is 10.1. The molecule has 0 aliphatic carbocycles. The molecule has 266 valence electrons. The summed E-state index contributed by atoms with van der Waals surface area (Å²) < 4.78 is 4.32. The SMILES string of the molecule is Br.Brc1ccc(/C=C/c2ccc(Br)cc2)cc1.Brc1ccc(C[P+](c2ccccc2)(c2ccccc2)c2ccccc2)cc1.O=Cc1ccc(Br)cc1. The molecule has 0 saturated heterocycles. The van der Waals surface area contributed by atoms with Gasteiger partial charge in [0, 0.05) is 23.5 Å². The quantitative estimate of drug-likeness (QED) is 0.0842. The van der Waals surface area contributed by atoms with Gasteiger partial charge in [0.1, 0.15) is 29.5 Å². The van der Waals surface area contributed by atoms with Crippen molar-refractivity contribution in [3.63, 3.8) is 0 Å². The van der Waals surface area contributed by atoms with E-state index in [-0.39, 0.29) is 17.0 Å². The molecule has 0 saturated carbocycles. The van der Waals surface area contributed by atoms with Crippen molar-refractivity contribution in [3.05, 3.63) is 228 Å². The first-order chi connectivity index (χ1) is 25.4. The van der Waals surface area contributed by atoms with Gasteiger partial charge in [-0.3, -0.25) is 4.79 Å². The molecular formula is C46H37Br5OP+. The molecule has 0 bridgehead atoms. The van der Waals surface area contributed by atoms with Crippen LogP contribution >= 0.6 is 88.0 Å². The zero-order valence-corrected chi connectivity index (χ0v) is 37.6. The molecule has 0 heterocycles. The van der Waals surface area contributed by atoms with Crippen molar-refractivity contribution >= 4 is 122 Å². The van der Waals surface area contributed by atoms with Gasteiger partial charge in [-0.2, -0.15) is 0 Å². The summed E-state index contributed by atoms with van der Waals surface area (Å²) in [6, 6.07) is 65.6. The number of hydrogen-bond donors (Lipinski definition) is 0. The summed E-state index contributed by atoms with van der Waals surface area (Å²) in [5.41, 5.74) is 4.47. The minimum atomic E-state index is -1.81. The van der Waals surface area contributed by atoms with Gasteiger partial charge in [0.25, 0.3) is 0 Å². The zero-order chi connectivity index (χ0) is 36.6. The van der Waals surface area contributed by atoms with Crippen molar-refractivity contribution in [1.29, 1.82) is 0 Å². The second-order valence-electron chi connectivity index (χ2n) is 11.7. The lowest BCUT2D eigenvalue weighted by Gasteiger charge is -2.27. The Bertz CT molecular complexity index is 1980. The highest BCUT2D eigenvalue weighted by Gasteiger charge is 2.45. The molecule has 0 unspecified atom stereocenters. The number of aldehydes is 1. The van der Waals surface area contributed by atoms with Crippen molar-refractivity contribution in [2.45, 2.75) is 6.16 Å². The average Bonchev–Trinajstić information content (AvgIpc) is 3.20. The topological polar surface area (TPSA) is 17.1 Å². The molecule has 7 heteroatoms. The molecule has 0 spiro atoms. The molecule has 7 aromatic rings. The van der Waals surface area contributed by atoms with Crippen LogP contribution in [0.2, 0.25) is 0 Å². The van der Waals surface area contributed by atoms with Crippen LogP contribution < -0.4 is 15.9 Å². The van der Waals surface area contributed by atoms with Crippen LogP contribution in [-0.4, -0.2) is 6.29 Å². The maximum Gasteiger partial charge on any atom is 0.150 e. The minimum Gasteiger partial charge on any atom is -0.298 e. The number of carbonyl (C=O) groups excluding carboxylic acids is 1. The van der Waals surface area contributed by atoms with Crippen molar-refractivity contribution in [1.82, 2.24) is 0 Å². The van der Waals surface area contributed by atoms with Crippen molar-refractivity contribution in [2.75, 3.05) is 0 Å². The molecule has 0 aliphatic heterocycles. The summed E-state index contributed by atoms with van der Waals surface area (Å²) in [5.74, 6) is 0. The van der Waals surface area contributed by atoms with Gasteiger partial charge in [-0.25, -0.2) is 0 Å². The smallest absolute Gasteiger partial charge is 0.150 e. The Hall–Kier alpha value is -3.22. The summed E-state index contributed by atoms with van der Waals surface area (Å²) in [6.07, 6.45) is 6.05. The van der Waals surface area contributed by atoms with E-state index >= 15 is 0 Å². The van der Waals surface area contributed by atoms with Gasteiger partial charge in [-0.05, 0) is 102 Å². The molecule has 0 atom stereocenters. The number of rotatable bonds is 8. The number of halogens is 5. The predicted octanol–water partition coefficient (Wildman–Crippen LogP) is 14.2. The number of carbonyl (C=O) groups is 1. The Morgan fingerprint density at radius 2 is 0.660 bits per heavy atom. The highest BCUT2D eigenvalue weighted by atomic mass is 79.9. The zero-order valence-electron chi connectivity index (χ0n) is 28.6. The Labute approximate surface area is 358 Å². The molecule has 53 heavy (non-hydrogen) atoms. The van der Waals surface area contributed by atoms with E-state index in [0.29, 0.717) is 5.56 Å². The molecule has 0 radical (unpaired) electrons. The van der Waals surface area contributed by atoms with Gasteiger partial charge in [0.05, 0.1) is 6.16 Å². The molecule has 0 aromatic heterocycles. The number of benzene rings is 7. The first-order valence-electron chi connectivity index (χ1n) is 16.5. The van der Waals surface area contributed by atoms with Crippen LogP contribution in [0.15, 0.2) is 206 Å². The molecular weight excluding hydrogens is 999 g/mol. The van der Waals surface area contributed by atoms with Gasteiger partial charge >= 0.3 is 0 Å². The highest BCUT2D eigenvalue weighted by Crippen LogP contribution is 2.58. The molecule has 0 fully saturated rings. The third-order valence-corrected chi connectivity index (χ3v) is 14.6. The number of hydrogen-bond acceptors (Lipinski definition) is 1. The lowest BCUT2D eigenvalue weighted by Crippen LogP contribution is -2.32. The van der Waals surface area contributed by atoms with Gasteiger partial charge in [-0.15, -0.1) is 17.0 Å². The third-order valence-electron chi connectivity index (χ3n) is 8.14. The van der Waals surface area contributed by atoms with Crippen LogP contribution in [0, 0.1) is 0 Å². The molecule has 0 amide bonds. The largest absolute Gasteiger partial charge is 0.298 e. The first-order valence-corrected chi connectivity index (χ1v) is 21.7. The van der Waals surface area contributed by atoms with Crippen LogP contribution in [0.1, 0.15) is 27.0 Å².